The van der Waals surface area contributed by atoms with Crippen molar-refractivity contribution in [2.75, 3.05) is 14.2 Å². The molecule has 0 radical (unpaired) electrons. The Morgan fingerprint density at radius 2 is 1.54 bits per heavy atom. The molecular formula is C20H19N3O5. The van der Waals surface area contributed by atoms with Crippen molar-refractivity contribution in [3.05, 3.63) is 89.5 Å². The molecule has 28 heavy (non-hydrogen) atoms. The third kappa shape index (κ3) is 4.24. The SMILES string of the molecule is COC1=CC(OC)=NN(OC(C(=O)O)=C(c2ccccc2)c2ccccc2)N1. The van der Waals surface area contributed by atoms with E-state index in [4.69, 9.17) is 14.3 Å². The second kappa shape index (κ2) is 8.63. The second-order valence-electron chi connectivity index (χ2n) is 5.57. The summed E-state index contributed by atoms with van der Waals surface area (Å²) >= 11 is 0. The molecule has 0 amide bonds. The molecule has 0 saturated carbocycles. The van der Waals surface area contributed by atoms with E-state index in [1.54, 1.807) is 0 Å². The monoisotopic (exact) mass is 381 g/mol. The highest BCUT2D eigenvalue weighted by Gasteiger charge is 2.25. The molecule has 0 bridgehead atoms. The van der Waals surface area contributed by atoms with Gasteiger partial charge >= 0.3 is 5.97 Å². The first kappa shape index (κ1) is 18.8. The Morgan fingerprint density at radius 1 is 0.964 bits per heavy atom. The van der Waals surface area contributed by atoms with E-state index in [-0.39, 0.29) is 17.5 Å². The van der Waals surface area contributed by atoms with Gasteiger partial charge in [0.25, 0.3) is 5.76 Å². The Morgan fingerprint density at radius 3 is 2.00 bits per heavy atom. The number of aliphatic carboxylic acids is 1. The van der Waals surface area contributed by atoms with Gasteiger partial charge in [-0.3, -0.25) is 0 Å². The van der Waals surface area contributed by atoms with Gasteiger partial charge in [-0.15, -0.1) is 0 Å². The van der Waals surface area contributed by atoms with Crippen molar-refractivity contribution in [2.24, 2.45) is 5.10 Å². The van der Waals surface area contributed by atoms with Gasteiger partial charge in [0, 0.05) is 5.57 Å². The molecule has 2 aromatic rings. The average Bonchev–Trinajstić information content (AvgIpc) is 2.74. The summed E-state index contributed by atoms with van der Waals surface area (Å²) in [5.41, 5.74) is 4.46. The highest BCUT2D eigenvalue weighted by molar-refractivity contribution is 5.99. The lowest BCUT2D eigenvalue weighted by Gasteiger charge is -2.25. The summed E-state index contributed by atoms with van der Waals surface area (Å²) in [4.78, 5) is 17.7. The van der Waals surface area contributed by atoms with Crippen LogP contribution in [0.3, 0.4) is 0 Å². The average molecular weight is 381 g/mol. The van der Waals surface area contributed by atoms with Crippen molar-refractivity contribution in [1.29, 1.82) is 0 Å². The van der Waals surface area contributed by atoms with Gasteiger partial charge < -0.3 is 19.4 Å². The molecule has 0 aromatic heterocycles. The van der Waals surface area contributed by atoms with E-state index in [0.29, 0.717) is 16.7 Å². The van der Waals surface area contributed by atoms with Crippen LogP contribution in [0.5, 0.6) is 0 Å². The summed E-state index contributed by atoms with van der Waals surface area (Å²) in [5, 5.41) is 14.8. The van der Waals surface area contributed by atoms with E-state index in [0.717, 1.165) is 5.28 Å². The predicted octanol–water partition coefficient (Wildman–Crippen LogP) is 2.73. The summed E-state index contributed by atoms with van der Waals surface area (Å²) in [5.74, 6) is -1.12. The molecule has 0 fully saturated rings. The molecule has 2 aromatic carbocycles. The standard InChI is InChI=1S/C20H19N3O5/c1-26-16-13-17(27-2)22-23(21-16)28-19(20(24)25)18(14-9-5-3-6-10-14)15-11-7-4-8-12-15/h3-13,21H,1-2H3,(H,24,25). The van der Waals surface area contributed by atoms with Crippen LogP contribution in [-0.2, 0) is 19.1 Å². The number of carbonyl (C=O) groups is 1. The number of carboxylic acids is 1. The molecule has 0 unspecified atom stereocenters. The fourth-order valence-corrected chi connectivity index (χ4v) is 2.55. The molecule has 0 aliphatic carbocycles. The summed E-state index contributed by atoms with van der Waals surface area (Å²) < 4.78 is 10.2. The van der Waals surface area contributed by atoms with E-state index in [1.807, 2.05) is 60.7 Å². The number of methoxy groups -OCH3 is 2. The fourth-order valence-electron chi connectivity index (χ4n) is 2.55. The number of nitrogens with one attached hydrogen (secondary N) is 1. The van der Waals surface area contributed by atoms with Crippen LogP contribution < -0.4 is 5.43 Å². The zero-order chi connectivity index (χ0) is 19.9. The molecule has 0 spiro atoms. The van der Waals surface area contributed by atoms with Gasteiger partial charge in [0.15, 0.2) is 0 Å². The van der Waals surface area contributed by atoms with Crippen molar-refractivity contribution in [3.8, 4) is 0 Å². The van der Waals surface area contributed by atoms with Gasteiger partial charge in [0.2, 0.25) is 11.8 Å². The van der Waals surface area contributed by atoms with Gasteiger partial charge in [-0.2, -0.15) is 0 Å². The number of ether oxygens (including phenoxy) is 2. The van der Waals surface area contributed by atoms with E-state index < -0.39 is 5.97 Å². The van der Waals surface area contributed by atoms with Gasteiger partial charge in [-0.25, -0.2) is 10.2 Å². The maximum Gasteiger partial charge on any atom is 0.375 e. The van der Waals surface area contributed by atoms with E-state index >= 15 is 0 Å². The molecule has 8 heteroatoms. The Hall–Kier alpha value is -3.94. The fraction of sp³-hybridized carbons (Fsp3) is 0.100. The number of hydrogen-bond acceptors (Lipinski definition) is 7. The lowest BCUT2D eigenvalue weighted by atomic mass is 9.96. The minimum absolute atomic E-state index is 0.182. The van der Waals surface area contributed by atoms with Crippen LogP contribution in [0.2, 0.25) is 0 Å². The van der Waals surface area contributed by atoms with Crippen molar-refractivity contribution in [1.82, 2.24) is 10.7 Å². The molecule has 1 aliphatic rings. The second-order valence-corrected chi connectivity index (χ2v) is 5.57. The lowest BCUT2D eigenvalue weighted by Crippen LogP contribution is -2.38. The van der Waals surface area contributed by atoms with Crippen LogP contribution in [0.4, 0.5) is 0 Å². The zero-order valence-electron chi connectivity index (χ0n) is 15.3. The van der Waals surface area contributed by atoms with Gasteiger partial charge in [0.1, 0.15) is 0 Å². The number of hydrazone groups is 1. The molecule has 0 saturated heterocycles. The van der Waals surface area contributed by atoms with Crippen molar-refractivity contribution >= 4 is 17.4 Å². The van der Waals surface area contributed by atoms with Crippen LogP contribution in [0.1, 0.15) is 11.1 Å². The highest BCUT2D eigenvalue weighted by atomic mass is 16.8. The molecule has 8 nitrogen and oxygen atoms in total. The first-order valence-electron chi connectivity index (χ1n) is 8.34. The third-order valence-corrected chi connectivity index (χ3v) is 3.80. The van der Waals surface area contributed by atoms with E-state index in [1.165, 1.54) is 20.3 Å². The number of rotatable bonds is 6. The quantitative estimate of drug-likeness (QED) is 0.587. The number of nitrogens with zero attached hydrogens (tertiary/aromatic N) is 2. The number of hydrogen-bond donors (Lipinski definition) is 2. The van der Waals surface area contributed by atoms with Crippen LogP contribution in [0, 0.1) is 0 Å². The van der Waals surface area contributed by atoms with Crippen LogP contribution in [0.15, 0.2) is 83.5 Å². The summed E-state index contributed by atoms with van der Waals surface area (Å²) in [6.07, 6.45) is 1.50. The summed E-state index contributed by atoms with van der Waals surface area (Å²) in [6, 6.07) is 18.2. The molecule has 1 heterocycles. The molecular weight excluding hydrogens is 362 g/mol. The Balaban J connectivity index is 2.08. The van der Waals surface area contributed by atoms with Crippen LogP contribution in [-0.4, -0.2) is 36.5 Å². The number of hydrazine groups is 1. The lowest BCUT2D eigenvalue weighted by molar-refractivity contribution is -0.179. The highest BCUT2D eigenvalue weighted by Crippen LogP contribution is 2.28. The molecule has 1 aliphatic heterocycles. The van der Waals surface area contributed by atoms with Crippen molar-refractivity contribution < 1.29 is 24.2 Å². The van der Waals surface area contributed by atoms with Crippen LogP contribution >= 0.6 is 0 Å². The van der Waals surface area contributed by atoms with E-state index in [9.17, 15) is 9.90 Å². The first-order chi connectivity index (χ1) is 13.6. The predicted molar refractivity (Wildman–Crippen MR) is 102 cm³/mol. The maximum atomic E-state index is 12.1. The van der Waals surface area contributed by atoms with Gasteiger partial charge in [-0.05, 0) is 16.4 Å². The minimum atomic E-state index is -1.26. The Kier molecular flexibility index (Phi) is 5.81. The molecule has 3 rings (SSSR count). The number of benzene rings is 2. The summed E-state index contributed by atoms with van der Waals surface area (Å²) in [6.45, 7) is 0. The van der Waals surface area contributed by atoms with Gasteiger partial charge in [-0.1, -0.05) is 65.8 Å². The van der Waals surface area contributed by atoms with Gasteiger partial charge in [0.05, 0.1) is 20.3 Å². The largest absolute Gasteiger partial charge is 0.481 e. The van der Waals surface area contributed by atoms with Crippen molar-refractivity contribution in [3.63, 3.8) is 0 Å². The smallest absolute Gasteiger partial charge is 0.375 e. The topological polar surface area (TPSA) is 92.6 Å². The van der Waals surface area contributed by atoms with E-state index in [2.05, 4.69) is 10.5 Å². The maximum absolute atomic E-state index is 12.1. The normalized spacial score (nSPS) is 12.9. The molecule has 0 atom stereocenters. The summed E-state index contributed by atoms with van der Waals surface area (Å²) in [7, 11) is 2.88. The zero-order valence-corrected chi connectivity index (χ0v) is 15.3. The number of carboxylic acid groups (broad SMARTS) is 1. The third-order valence-electron chi connectivity index (χ3n) is 3.80. The molecule has 2 N–H and O–H groups in total. The molecule has 144 valence electrons. The Labute approximate surface area is 161 Å². The van der Waals surface area contributed by atoms with Crippen LogP contribution in [0.25, 0.3) is 5.57 Å². The van der Waals surface area contributed by atoms with Crippen molar-refractivity contribution in [2.45, 2.75) is 0 Å². The first-order valence-corrected chi connectivity index (χ1v) is 8.34. The minimum Gasteiger partial charge on any atom is -0.481 e. The Bertz CT molecular complexity index is 882.